The van der Waals surface area contributed by atoms with Crippen molar-refractivity contribution in [1.82, 2.24) is 0 Å². The van der Waals surface area contributed by atoms with Gasteiger partial charge in [0.25, 0.3) is 0 Å². The maximum atomic E-state index is 13.8. The van der Waals surface area contributed by atoms with Gasteiger partial charge in [0.2, 0.25) is 5.78 Å². The van der Waals surface area contributed by atoms with E-state index in [1.165, 1.54) is 29.0 Å². The fourth-order valence-corrected chi connectivity index (χ4v) is 4.72. The molecule has 4 aromatic rings. The summed E-state index contributed by atoms with van der Waals surface area (Å²) in [6.07, 6.45) is 0.924. The zero-order valence-corrected chi connectivity index (χ0v) is 17.8. The molecule has 0 spiro atoms. The summed E-state index contributed by atoms with van der Waals surface area (Å²) in [6.45, 7) is 5.54. The average Bonchev–Trinajstić information content (AvgIpc) is 3.05. The van der Waals surface area contributed by atoms with Crippen molar-refractivity contribution in [2.24, 2.45) is 0 Å². The third kappa shape index (κ3) is 3.68. The van der Waals surface area contributed by atoms with Crippen molar-refractivity contribution in [3.63, 3.8) is 0 Å². The zero-order valence-electron chi connectivity index (χ0n) is 17.0. The number of aromatic hydroxyl groups is 1. The predicted octanol–water partition coefficient (Wildman–Crippen LogP) is 6.95. The average molecular weight is 421 g/mol. The Bertz CT molecular complexity index is 1230. The number of rotatable bonds is 5. The van der Waals surface area contributed by atoms with E-state index < -0.39 is 0 Å². The van der Waals surface area contributed by atoms with Crippen molar-refractivity contribution in [2.45, 2.75) is 27.2 Å². The SMILES string of the molecule is CCc1ccc(Oc2c(C(=O)c3c(C)cc(F)cc3C)sc3cc(O)ccc23)cc1. The molecule has 0 amide bonds. The first-order valence-electron chi connectivity index (χ1n) is 9.71. The number of halogens is 1. The number of phenols is 1. The molecule has 3 nitrogen and oxygen atoms in total. The Morgan fingerprint density at radius 2 is 1.70 bits per heavy atom. The summed E-state index contributed by atoms with van der Waals surface area (Å²) in [5.74, 6) is 0.617. The number of carbonyl (C=O) groups excluding carboxylic acids is 1. The minimum atomic E-state index is -0.365. The lowest BCUT2D eigenvalue weighted by Gasteiger charge is -2.11. The molecule has 1 N–H and O–H groups in total. The molecule has 0 saturated carbocycles. The van der Waals surface area contributed by atoms with Gasteiger partial charge in [-0.1, -0.05) is 19.1 Å². The highest BCUT2D eigenvalue weighted by Crippen LogP contribution is 2.43. The summed E-state index contributed by atoms with van der Waals surface area (Å²) in [4.78, 5) is 13.9. The fraction of sp³-hybridized carbons (Fsp3) is 0.160. The van der Waals surface area contributed by atoms with Gasteiger partial charge in [0, 0.05) is 15.6 Å². The van der Waals surface area contributed by atoms with Crippen molar-refractivity contribution in [3.05, 3.63) is 87.5 Å². The summed E-state index contributed by atoms with van der Waals surface area (Å²) in [7, 11) is 0. The summed E-state index contributed by atoms with van der Waals surface area (Å²) < 4.78 is 20.7. The van der Waals surface area contributed by atoms with E-state index in [-0.39, 0.29) is 17.3 Å². The van der Waals surface area contributed by atoms with Crippen LogP contribution in [0.5, 0.6) is 17.2 Å². The van der Waals surface area contributed by atoms with E-state index in [0.29, 0.717) is 33.1 Å². The summed E-state index contributed by atoms with van der Waals surface area (Å²) >= 11 is 1.26. The monoisotopic (exact) mass is 420 g/mol. The normalized spacial score (nSPS) is 11.1. The van der Waals surface area contributed by atoms with Gasteiger partial charge in [0.05, 0.1) is 0 Å². The predicted molar refractivity (Wildman–Crippen MR) is 119 cm³/mol. The standard InChI is InChI=1S/C25H21FO3S/c1-4-16-5-8-19(9-6-16)29-24-20-10-7-18(27)13-21(20)30-25(24)23(28)22-14(2)11-17(26)12-15(22)3/h5-13,27H,4H2,1-3H3. The topological polar surface area (TPSA) is 46.5 Å². The van der Waals surface area contributed by atoms with Crippen molar-refractivity contribution >= 4 is 27.2 Å². The van der Waals surface area contributed by atoms with Crippen molar-refractivity contribution in [2.75, 3.05) is 0 Å². The van der Waals surface area contributed by atoms with Crippen LogP contribution in [0, 0.1) is 19.7 Å². The molecule has 0 saturated heterocycles. The first-order valence-corrected chi connectivity index (χ1v) is 10.5. The van der Waals surface area contributed by atoms with E-state index in [1.54, 1.807) is 32.0 Å². The number of ketones is 1. The van der Waals surface area contributed by atoms with E-state index in [0.717, 1.165) is 16.5 Å². The van der Waals surface area contributed by atoms with Crippen LogP contribution in [0.4, 0.5) is 4.39 Å². The highest BCUT2D eigenvalue weighted by Gasteiger charge is 2.25. The molecule has 4 rings (SSSR count). The van der Waals surface area contributed by atoms with Gasteiger partial charge in [-0.05, 0) is 79.4 Å². The molecule has 0 atom stereocenters. The molecular formula is C25H21FO3S. The van der Waals surface area contributed by atoms with Gasteiger partial charge < -0.3 is 9.84 Å². The largest absolute Gasteiger partial charge is 0.508 e. The summed E-state index contributed by atoms with van der Waals surface area (Å²) in [6, 6.07) is 15.4. The van der Waals surface area contributed by atoms with Crippen LogP contribution >= 0.6 is 11.3 Å². The molecule has 152 valence electrons. The Kier molecular flexibility index (Phi) is 5.31. The first kappa shape index (κ1) is 20.1. The Balaban J connectivity index is 1.86. The molecule has 5 heteroatoms. The van der Waals surface area contributed by atoms with Crippen LogP contribution in [0.25, 0.3) is 10.1 Å². The van der Waals surface area contributed by atoms with Crippen molar-refractivity contribution in [1.29, 1.82) is 0 Å². The van der Waals surface area contributed by atoms with Gasteiger partial charge >= 0.3 is 0 Å². The maximum absolute atomic E-state index is 13.8. The number of benzene rings is 3. The van der Waals surface area contributed by atoms with Gasteiger partial charge in [0.1, 0.15) is 22.2 Å². The summed E-state index contributed by atoms with van der Waals surface area (Å²) in [5, 5.41) is 10.6. The lowest BCUT2D eigenvalue weighted by Crippen LogP contribution is -2.06. The number of fused-ring (bicyclic) bond motifs is 1. The molecule has 0 radical (unpaired) electrons. The number of phenolic OH excluding ortho intramolecular Hbond substituents is 1. The Morgan fingerprint density at radius 1 is 1.03 bits per heavy atom. The molecule has 0 unspecified atom stereocenters. The van der Waals surface area contributed by atoms with Crippen LogP contribution < -0.4 is 4.74 Å². The highest BCUT2D eigenvalue weighted by molar-refractivity contribution is 7.21. The van der Waals surface area contributed by atoms with Crippen LogP contribution in [0.15, 0.2) is 54.6 Å². The zero-order chi connectivity index (χ0) is 21.4. The third-order valence-corrected chi connectivity index (χ3v) is 6.24. The van der Waals surface area contributed by atoms with Gasteiger partial charge in [-0.3, -0.25) is 4.79 Å². The van der Waals surface area contributed by atoms with Gasteiger partial charge in [-0.25, -0.2) is 4.39 Å². The minimum absolute atomic E-state index is 0.121. The second-order valence-electron chi connectivity index (χ2n) is 7.28. The molecule has 0 aliphatic carbocycles. The van der Waals surface area contributed by atoms with Gasteiger partial charge in [-0.15, -0.1) is 11.3 Å². The lowest BCUT2D eigenvalue weighted by molar-refractivity contribution is 0.103. The summed E-state index contributed by atoms with van der Waals surface area (Å²) in [5.41, 5.74) is 2.82. The van der Waals surface area contributed by atoms with Crippen LogP contribution in [-0.4, -0.2) is 10.9 Å². The van der Waals surface area contributed by atoms with Crippen LogP contribution in [0.3, 0.4) is 0 Å². The quantitative estimate of drug-likeness (QED) is 0.355. The maximum Gasteiger partial charge on any atom is 0.207 e. The number of thiophene rings is 1. The molecule has 0 aliphatic rings. The Morgan fingerprint density at radius 3 is 2.33 bits per heavy atom. The molecule has 0 aliphatic heterocycles. The highest BCUT2D eigenvalue weighted by atomic mass is 32.1. The van der Waals surface area contributed by atoms with E-state index in [4.69, 9.17) is 4.74 Å². The Labute approximate surface area is 178 Å². The Hall–Kier alpha value is -3.18. The third-order valence-electron chi connectivity index (χ3n) is 5.11. The van der Waals surface area contributed by atoms with Crippen LogP contribution in [0.2, 0.25) is 0 Å². The minimum Gasteiger partial charge on any atom is -0.508 e. The molecule has 0 bridgehead atoms. The van der Waals surface area contributed by atoms with Crippen molar-refractivity contribution < 1.29 is 19.0 Å². The molecule has 0 fully saturated rings. The van der Waals surface area contributed by atoms with Gasteiger partial charge in [0.15, 0.2) is 5.75 Å². The second kappa shape index (κ2) is 7.92. The van der Waals surface area contributed by atoms with E-state index in [1.807, 2.05) is 24.3 Å². The smallest absolute Gasteiger partial charge is 0.207 e. The number of hydrogen-bond acceptors (Lipinski definition) is 4. The fourth-order valence-electron chi connectivity index (χ4n) is 3.61. The number of hydrogen-bond donors (Lipinski definition) is 1. The molecular weight excluding hydrogens is 399 g/mol. The van der Waals surface area contributed by atoms with E-state index in [2.05, 4.69) is 6.92 Å². The van der Waals surface area contributed by atoms with E-state index >= 15 is 0 Å². The lowest BCUT2D eigenvalue weighted by atomic mass is 9.97. The second-order valence-corrected chi connectivity index (χ2v) is 8.34. The van der Waals surface area contributed by atoms with Crippen LogP contribution in [0.1, 0.15) is 38.8 Å². The number of carbonyl (C=O) groups is 1. The van der Waals surface area contributed by atoms with E-state index in [9.17, 15) is 14.3 Å². The van der Waals surface area contributed by atoms with Crippen molar-refractivity contribution in [3.8, 4) is 17.2 Å². The number of ether oxygens (including phenoxy) is 1. The molecule has 1 heterocycles. The first-order chi connectivity index (χ1) is 14.4. The van der Waals surface area contributed by atoms with Crippen LogP contribution in [-0.2, 0) is 6.42 Å². The molecule has 3 aromatic carbocycles. The van der Waals surface area contributed by atoms with Gasteiger partial charge in [-0.2, -0.15) is 0 Å². The molecule has 1 aromatic heterocycles. The molecule has 30 heavy (non-hydrogen) atoms. The number of aryl methyl sites for hydroxylation is 3.